The first-order valence-electron chi connectivity index (χ1n) is 16.8. The lowest BCUT2D eigenvalue weighted by Crippen LogP contribution is -2.59. The van der Waals surface area contributed by atoms with Crippen LogP contribution in [0, 0.1) is 0 Å². The summed E-state index contributed by atoms with van der Waals surface area (Å²) in [5.74, 6) is -1.17. The monoisotopic (exact) mass is 701 g/mol. The minimum Gasteiger partial charge on any atom is -0.445 e. The van der Waals surface area contributed by atoms with Crippen molar-refractivity contribution < 1.29 is 42.8 Å². The van der Waals surface area contributed by atoms with Crippen molar-refractivity contribution in [2.75, 3.05) is 27.2 Å². The van der Waals surface area contributed by atoms with Crippen molar-refractivity contribution in [3.63, 3.8) is 0 Å². The number of nitrogens with zero attached hydrogens (tertiary/aromatic N) is 2. The number of hydrogen-bond donors (Lipinski definition) is 5. The fraction of sp³-hybridized carbons (Fsp3) is 0.529. The van der Waals surface area contributed by atoms with E-state index in [2.05, 4.69) is 25.4 Å². The molecule has 0 aromatic heterocycles. The number of fused-ring (bicyclic) bond motifs is 1. The second-order valence-corrected chi connectivity index (χ2v) is 14.0. The van der Waals surface area contributed by atoms with Gasteiger partial charge in [0.15, 0.2) is 0 Å². The van der Waals surface area contributed by atoms with Gasteiger partial charge in [0.05, 0.1) is 0 Å². The van der Waals surface area contributed by atoms with E-state index in [0.717, 1.165) is 37.8 Å². The van der Waals surface area contributed by atoms with Crippen LogP contribution in [0.5, 0.6) is 5.75 Å². The number of amides is 4. The lowest BCUT2D eigenvalue weighted by molar-refractivity contribution is -0.144. The van der Waals surface area contributed by atoms with Gasteiger partial charge in [-0.2, -0.15) is 0 Å². The number of rotatable bonds is 15. The maximum atomic E-state index is 14.0. The molecule has 15 heteroatoms. The highest BCUT2D eigenvalue weighted by molar-refractivity contribution is 7.46. The second kappa shape index (κ2) is 18.1. The maximum Gasteiger partial charge on any atom is 0.524 e. The van der Waals surface area contributed by atoms with Gasteiger partial charge in [0.25, 0.3) is 0 Å². The number of unbranched alkanes of at least 4 members (excludes halogenated alkanes) is 1. The highest BCUT2D eigenvalue weighted by Gasteiger charge is 2.44. The molecule has 0 bridgehead atoms. The first kappa shape index (κ1) is 37.8. The normalized spacial score (nSPS) is 20.1. The van der Waals surface area contributed by atoms with Crippen molar-refractivity contribution in [2.24, 2.45) is 0 Å². The van der Waals surface area contributed by atoms with Gasteiger partial charge in [-0.1, -0.05) is 55.3 Å². The van der Waals surface area contributed by atoms with E-state index in [1.165, 1.54) is 24.3 Å². The number of carbonyl (C=O) groups excluding carboxylic acids is 4. The molecule has 2 aromatic carbocycles. The molecule has 0 spiro atoms. The fourth-order valence-corrected chi connectivity index (χ4v) is 6.65. The maximum absolute atomic E-state index is 14.0. The van der Waals surface area contributed by atoms with Gasteiger partial charge in [-0.3, -0.25) is 24.2 Å². The fourth-order valence-electron chi connectivity index (χ4n) is 6.25. The van der Waals surface area contributed by atoms with Gasteiger partial charge in [0.2, 0.25) is 17.7 Å². The average Bonchev–Trinajstić information content (AvgIpc) is 3.47. The van der Waals surface area contributed by atoms with Gasteiger partial charge in [-0.05, 0) is 82.4 Å². The molecule has 49 heavy (non-hydrogen) atoms. The molecule has 2 fully saturated rings. The molecule has 2 aliphatic heterocycles. The smallest absolute Gasteiger partial charge is 0.445 e. The second-order valence-electron chi connectivity index (χ2n) is 12.8. The van der Waals surface area contributed by atoms with Gasteiger partial charge in [0, 0.05) is 19.0 Å². The van der Waals surface area contributed by atoms with Crippen LogP contribution in [-0.4, -0.2) is 94.8 Å². The van der Waals surface area contributed by atoms with E-state index < -0.39 is 37.9 Å². The zero-order chi connectivity index (χ0) is 35.4. The summed E-state index contributed by atoms with van der Waals surface area (Å²) in [6.45, 7) is 1.42. The number of nitrogens with one attached hydrogen (secondary N) is 3. The number of phosphoric ester groups is 1. The molecule has 0 saturated carbocycles. The Hall–Kier alpha value is -3.97. The van der Waals surface area contributed by atoms with Crippen molar-refractivity contribution in [3.05, 3.63) is 65.7 Å². The number of phosphoric acid groups is 1. The van der Waals surface area contributed by atoms with Crippen LogP contribution < -0.4 is 20.5 Å². The minimum atomic E-state index is -4.76. The largest absolute Gasteiger partial charge is 0.524 e. The summed E-state index contributed by atoms with van der Waals surface area (Å²) in [7, 11) is -0.761. The molecule has 2 aliphatic rings. The van der Waals surface area contributed by atoms with Crippen LogP contribution in [0.4, 0.5) is 4.79 Å². The first-order valence-corrected chi connectivity index (χ1v) is 18.3. The van der Waals surface area contributed by atoms with Crippen LogP contribution in [0.25, 0.3) is 0 Å². The molecular formula is C34H48N5O9P. The Bertz CT molecular complexity index is 1450. The zero-order valence-electron chi connectivity index (χ0n) is 28.1. The summed E-state index contributed by atoms with van der Waals surface area (Å²) in [6, 6.07) is 12.0. The predicted molar refractivity (Wildman–Crippen MR) is 181 cm³/mol. The Morgan fingerprint density at radius 2 is 1.67 bits per heavy atom. The molecule has 5 N–H and O–H groups in total. The van der Waals surface area contributed by atoms with Crippen molar-refractivity contribution in [2.45, 2.75) is 88.6 Å². The van der Waals surface area contributed by atoms with Crippen LogP contribution in [-0.2, 0) is 36.7 Å². The summed E-state index contributed by atoms with van der Waals surface area (Å²) < 4.78 is 21.2. The molecule has 4 rings (SSSR count). The number of carbonyl (C=O) groups is 4. The standard InChI is InChI=1S/C34H48N5O9P/c1-38(2)21-9-8-20-35-32(41)30-19-16-26-12-6-7-13-28(33(42)39(26)30)36-31(40)29(37-34(43)47-23-25-10-4-3-5-11-25)22-24-14-17-27(18-15-24)48-49(44,45)46/h3-5,10-11,14-15,17-18,26,28-30H,6-9,12-13,16,19-23H2,1-2H3,(H,35,41)(H,36,40)(H,37,43)(H2,44,45,46)/t26?,28-,29-,30-/m0/s1. The molecular weight excluding hydrogens is 653 g/mol. The number of alkyl carbamates (subject to hydrolysis) is 1. The quantitative estimate of drug-likeness (QED) is 0.137. The summed E-state index contributed by atoms with van der Waals surface area (Å²) >= 11 is 0. The molecule has 268 valence electrons. The van der Waals surface area contributed by atoms with E-state index in [1.54, 1.807) is 17.0 Å². The molecule has 4 atom stereocenters. The van der Waals surface area contributed by atoms with Crippen molar-refractivity contribution in [1.82, 2.24) is 25.8 Å². The van der Waals surface area contributed by atoms with Gasteiger partial charge in [0.1, 0.15) is 30.5 Å². The Balaban J connectivity index is 1.45. The van der Waals surface area contributed by atoms with Gasteiger partial charge < -0.3 is 35.0 Å². The lowest BCUT2D eigenvalue weighted by Gasteiger charge is -2.35. The van der Waals surface area contributed by atoms with Crippen LogP contribution in [0.15, 0.2) is 54.6 Å². The summed E-state index contributed by atoms with van der Waals surface area (Å²) in [5.41, 5.74) is 1.30. The first-order chi connectivity index (χ1) is 23.4. The van der Waals surface area contributed by atoms with E-state index >= 15 is 0 Å². The van der Waals surface area contributed by atoms with Crippen LogP contribution in [0.1, 0.15) is 62.5 Å². The third kappa shape index (κ3) is 12.1. The summed E-state index contributed by atoms with van der Waals surface area (Å²) in [6.07, 6.45) is 4.91. The Kier molecular flexibility index (Phi) is 14.0. The SMILES string of the molecule is CN(C)CCCCNC(=O)[C@@H]1CCC2CCCC[C@H](NC(=O)[C@H](Cc3ccc(OP(=O)(O)O)cc3)NC(=O)OCc3ccccc3)C(=O)N21. The number of hydrogen-bond acceptors (Lipinski definition) is 8. The highest BCUT2D eigenvalue weighted by Crippen LogP contribution is 2.37. The Morgan fingerprint density at radius 3 is 2.37 bits per heavy atom. The molecule has 0 radical (unpaired) electrons. The zero-order valence-corrected chi connectivity index (χ0v) is 29.0. The Labute approximate surface area is 287 Å². The van der Waals surface area contributed by atoms with Crippen molar-refractivity contribution in [3.8, 4) is 5.75 Å². The van der Waals surface area contributed by atoms with E-state index in [-0.39, 0.29) is 36.6 Å². The van der Waals surface area contributed by atoms with E-state index in [9.17, 15) is 23.7 Å². The van der Waals surface area contributed by atoms with Crippen molar-refractivity contribution >= 4 is 31.6 Å². The molecule has 4 amide bonds. The van der Waals surface area contributed by atoms with Crippen LogP contribution in [0.2, 0.25) is 0 Å². The van der Waals surface area contributed by atoms with Gasteiger partial charge >= 0.3 is 13.9 Å². The predicted octanol–water partition coefficient (Wildman–Crippen LogP) is 2.87. The van der Waals surface area contributed by atoms with Crippen molar-refractivity contribution in [1.29, 1.82) is 0 Å². The molecule has 1 unspecified atom stereocenters. The molecule has 0 aliphatic carbocycles. The third-order valence-corrected chi connectivity index (χ3v) is 9.14. The van der Waals surface area contributed by atoms with Crippen LogP contribution >= 0.6 is 7.82 Å². The highest BCUT2D eigenvalue weighted by atomic mass is 31.2. The minimum absolute atomic E-state index is 0.0193. The molecule has 2 saturated heterocycles. The third-order valence-electron chi connectivity index (χ3n) is 8.69. The molecule has 14 nitrogen and oxygen atoms in total. The number of ether oxygens (including phenoxy) is 1. The average molecular weight is 702 g/mol. The summed E-state index contributed by atoms with van der Waals surface area (Å²) in [5, 5.41) is 8.47. The van der Waals surface area contributed by atoms with E-state index in [0.29, 0.717) is 37.8 Å². The molecule has 2 heterocycles. The van der Waals surface area contributed by atoms with Crippen LogP contribution in [0.3, 0.4) is 0 Å². The number of benzene rings is 2. The topological polar surface area (TPSA) is 187 Å². The molecule has 2 aromatic rings. The van der Waals surface area contributed by atoms with Gasteiger partial charge in [-0.25, -0.2) is 9.36 Å². The van der Waals surface area contributed by atoms with E-state index in [1.807, 2.05) is 32.3 Å². The summed E-state index contributed by atoms with van der Waals surface area (Å²) in [4.78, 5) is 75.9. The van der Waals surface area contributed by atoms with E-state index in [4.69, 9.17) is 14.5 Å². The lowest BCUT2D eigenvalue weighted by atomic mass is 9.98. The Morgan fingerprint density at radius 1 is 0.959 bits per heavy atom. The van der Waals surface area contributed by atoms with Gasteiger partial charge in [-0.15, -0.1) is 0 Å².